The van der Waals surface area contributed by atoms with Crippen molar-refractivity contribution >= 4 is 17.5 Å². The normalized spacial score (nSPS) is 21.9. The van der Waals surface area contributed by atoms with Gasteiger partial charge in [0.2, 0.25) is 5.91 Å². The molecule has 1 aromatic rings. The van der Waals surface area contributed by atoms with E-state index in [1.807, 2.05) is 6.07 Å². The van der Waals surface area contributed by atoms with Gasteiger partial charge < -0.3 is 11.1 Å². The van der Waals surface area contributed by atoms with E-state index in [0.29, 0.717) is 16.6 Å². The molecule has 0 heterocycles. The number of nitrogens with two attached hydrogens (primary N) is 1. The Morgan fingerprint density at radius 3 is 2.94 bits per heavy atom. The molecule has 2 rings (SSSR count). The van der Waals surface area contributed by atoms with Crippen molar-refractivity contribution < 1.29 is 4.79 Å². The quantitative estimate of drug-likeness (QED) is 0.832. The molecule has 0 aliphatic heterocycles. The lowest BCUT2D eigenvalue weighted by Gasteiger charge is -2.07. The second-order valence-corrected chi connectivity index (χ2v) is 5.35. The van der Waals surface area contributed by atoms with Crippen LogP contribution in [0, 0.1) is 5.92 Å². The number of benzene rings is 1. The number of amides is 1. The zero-order valence-electron chi connectivity index (χ0n) is 10.6. The molecule has 98 valence electrons. The van der Waals surface area contributed by atoms with Gasteiger partial charge in [-0.05, 0) is 36.5 Å². The number of halogens is 1. The minimum atomic E-state index is -0.443. The van der Waals surface area contributed by atoms with E-state index in [-0.39, 0.29) is 0 Å². The first kappa shape index (κ1) is 13.4. The van der Waals surface area contributed by atoms with Crippen molar-refractivity contribution in [2.24, 2.45) is 11.7 Å². The summed E-state index contributed by atoms with van der Waals surface area (Å²) in [6, 6.07) is 5.86. The standard InChI is InChI=1S/C14H19ClN2O/c1-2-3-9-7-13(9)17-8-11-5-4-10(14(16)18)6-12(11)15/h4-6,9,13,17H,2-3,7-8H2,1H3,(H2,16,18). The maximum atomic E-state index is 11.0. The lowest BCUT2D eigenvalue weighted by molar-refractivity contribution is 0.100. The molecule has 0 saturated heterocycles. The summed E-state index contributed by atoms with van der Waals surface area (Å²) < 4.78 is 0. The third-order valence-corrected chi connectivity index (χ3v) is 3.83. The molecular formula is C14H19ClN2O. The Labute approximate surface area is 113 Å². The molecule has 0 bridgehead atoms. The Bertz CT molecular complexity index is 447. The van der Waals surface area contributed by atoms with E-state index in [4.69, 9.17) is 17.3 Å². The molecule has 1 amide bonds. The van der Waals surface area contributed by atoms with E-state index in [1.54, 1.807) is 12.1 Å². The van der Waals surface area contributed by atoms with Crippen LogP contribution in [0.4, 0.5) is 0 Å². The Hall–Kier alpha value is -1.06. The van der Waals surface area contributed by atoms with Crippen LogP contribution in [0.2, 0.25) is 5.02 Å². The zero-order chi connectivity index (χ0) is 13.1. The predicted molar refractivity (Wildman–Crippen MR) is 73.6 cm³/mol. The Balaban J connectivity index is 1.89. The fourth-order valence-corrected chi connectivity index (χ4v) is 2.52. The Morgan fingerprint density at radius 2 is 2.33 bits per heavy atom. The van der Waals surface area contributed by atoms with Crippen LogP contribution >= 0.6 is 11.6 Å². The topological polar surface area (TPSA) is 55.1 Å². The molecular weight excluding hydrogens is 248 g/mol. The van der Waals surface area contributed by atoms with E-state index in [0.717, 1.165) is 18.0 Å². The molecule has 3 N–H and O–H groups in total. The van der Waals surface area contributed by atoms with Crippen molar-refractivity contribution in [1.29, 1.82) is 0 Å². The van der Waals surface area contributed by atoms with Crippen molar-refractivity contribution in [3.05, 3.63) is 34.3 Å². The van der Waals surface area contributed by atoms with Crippen molar-refractivity contribution in [3.63, 3.8) is 0 Å². The van der Waals surface area contributed by atoms with Gasteiger partial charge >= 0.3 is 0 Å². The summed E-state index contributed by atoms with van der Waals surface area (Å²) in [6.07, 6.45) is 3.81. The average Bonchev–Trinajstić information content (AvgIpc) is 3.06. The number of hydrogen-bond acceptors (Lipinski definition) is 2. The first-order valence-corrected chi connectivity index (χ1v) is 6.81. The molecule has 1 saturated carbocycles. The molecule has 2 unspecified atom stereocenters. The zero-order valence-corrected chi connectivity index (χ0v) is 11.3. The Morgan fingerprint density at radius 1 is 1.56 bits per heavy atom. The largest absolute Gasteiger partial charge is 0.366 e. The smallest absolute Gasteiger partial charge is 0.248 e. The van der Waals surface area contributed by atoms with Crippen LogP contribution < -0.4 is 11.1 Å². The summed E-state index contributed by atoms with van der Waals surface area (Å²) in [5.41, 5.74) is 6.68. The molecule has 1 aliphatic carbocycles. The molecule has 18 heavy (non-hydrogen) atoms. The van der Waals surface area contributed by atoms with Crippen LogP contribution in [0.3, 0.4) is 0 Å². The second kappa shape index (κ2) is 5.72. The van der Waals surface area contributed by atoms with Crippen molar-refractivity contribution in [2.45, 2.75) is 38.8 Å². The second-order valence-electron chi connectivity index (χ2n) is 4.94. The van der Waals surface area contributed by atoms with Crippen LogP contribution in [-0.4, -0.2) is 11.9 Å². The maximum Gasteiger partial charge on any atom is 0.248 e. The molecule has 1 aromatic carbocycles. The van der Waals surface area contributed by atoms with E-state index in [1.165, 1.54) is 19.3 Å². The van der Waals surface area contributed by atoms with Gasteiger partial charge in [-0.3, -0.25) is 4.79 Å². The van der Waals surface area contributed by atoms with Gasteiger partial charge in [-0.2, -0.15) is 0 Å². The third kappa shape index (κ3) is 3.24. The van der Waals surface area contributed by atoms with Crippen molar-refractivity contribution in [1.82, 2.24) is 5.32 Å². The molecule has 3 nitrogen and oxygen atoms in total. The summed E-state index contributed by atoms with van der Waals surface area (Å²) >= 11 is 6.13. The van der Waals surface area contributed by atoms with Crippen LogP contribution in [0.25, 0.3) is 0 Å². The first-order valence-electron chi connectivity index (χ1n) is 6.43. The number of hydrogen-bond donors (Lipinski definition) is 2. The van der Waals surface area contributed by atoms with Gasteiger partial charge in [0.1, 0.15) is 0 Å². The number of nitrogens with one attached hydrogen (secondary N) is 1. The number of rotatable bonds is 6. The van der Waals surface area contributed by atoms with Gasteiger partial charge in [-0.1, -0.05) is 31.0 Å². The lowest BCUT2D eigenvalue weighted by Crippen LogP contribution is -2.18. The molecule has 4 heteroatoms. The minimum absolute atomic E-state index is 0.443. The molecule has 0 aromatic heterocycles. The highest BCUT2D eigenvalue weighted by molar-refractivity contribution is 6.31. The fourth-order valence-electron chi connectivity index (χ4n) is 2.27. The molecule has 2 atom stereocenters. The summed E-state index contributed by atoms with van der Waals surface area (Å²) in [7, 11) is 0. The van der Waals surface area contributed by atoms with Gasteiger partial charge in [0.25, 0.3) is 0 Å². The predicted octanol–water partition coefficient (Wildman–Crippen LogP) is 2.72. The van der Waals surface area contributed by atoms with E-state index < -0.39 is 5.91 Å². The summed E-state index contributed by atoms with van der Waals surface area (Å²) in [6.45, 7) is 2.97. The highest BCUT2D eigenvalue weighted by atomic mass is 35.5. The summed E-state index contributed by atoms with van der Waals surface area (Å²) in [5.74, 6) is 0.389. The number of carbonyl (C=O) groups excluding carboxylic acids is 1. The fraction of sp³-hybridized carbons (Fsp3) is 0.500. The van der Waals surface area contributed by atoms with Crippen LogP contribution in [0.1, 0.15) is 42.1 Å². The number of primary amides is 1. The minimum Gasteiger partial charge on any atom is -0.366 e. The van der Waals surface area contributed by atoms with Gasteiger partial charge in [-0.25, -0.2) is 0 Å². The third-order valence-electron chi connectivity index (χ3n) is 3.47. The molecule has 0 radical (unpaired) electrons. The van der Waals surface area contributed by atoms with Crippen LogP contribution in [0.5, 0.6) is 0 Å². The van der Waals surface area contributed by atoms with E-state index >= 15 is 0 Å². The number of carbonyl (C=O) groups is 1. The molecule has 0 spiro atoms. The molecule has 1 fully saturated rings. The first-order chi connectivity index (χ1) is 8.61. The summed E-state index contributed by atoms with van der Waals surface area (Å²) in [4.78, 5) is 11.0. The van der Waals surface area contributed by atoms with Gasteiger partial charge in [0.15, 0.2) is 0 Å². The van der Waals surface area contributed by atoms with Crippen molar-refractivity contribution in [2.75, 3.05) is 0 Å². The van der Waals surface area contributed by atoms with E-state index in [2.05, 4.69) is 12.2 Å². The summed E-state index contributed by atoms with van der Waals surface area (Å²) in [5, 5.41) is 4.10. The van der Waals surface area contributed by atoms with Crippen LogP contribution in [-0.2, 0) is 6.54 Å². The van der Waals surface area contributed by atoms with Crippen LogP contribution in [0.15, 0.2) is 18.2 Å². The Kier molecular flexibility index (Phi) is 4.25. The lowest BCUT2D eigenvalue weighted by atomic mass is 10.1. The van der Waals surface area contributed by atoms with Gasteiger partial charge in [0.05, 0.1) is 0 Å². The molecule has 1 aliphatic rings. The van der Waals surface area contributed by atoms with Gasteiger partial charge in [0, 0.05) is 23.2 Å². The average molecular weight is 267 g/mol. The van der Waals surface area contributed by atoms with E-state index in [9.17, 15) is 4.79 Å². The van der Waals surface area contributed by atoms with Gasteiger partial charge in [-0.15, -0.1) is 0 Å². The SMILES string of the molecule is CCCC1CC1NCc1ccc(C(N)=O)cc1Cl. The highest BCUT2D eigenvalue weighted by Gasteiger charge is 2.35. The maximum absolute atomic E-state index is 11.0. The van der Waals surface area contributed by atoms with Crippen molar-refractivity contribution in [3.8, 4) is 0 Å². The monoisotopic (exact) mass is 266 g/mol. The highest BCUT2D eigenvalue weighted by Crippen LogP contribution is 2.34.